The van der Waals surface area contributed by atoms with E-state index in [1.54, 1.807) is 6.20 Å². The third-order valence-electron chi connectivity index (χ3n) is 4.70. The van der Waals surface area contributed by atoms with E-state index in [4.69, 9.17) is 5.26 Å². The van der Waals surface area contributed by atoms with Gasteiger partial charge in [-0.25, -0.2) is 13.8 Å². The molecule has 0 spiro atoms. The first-order valence-electron chi connectivity index (χ1n) is 9.31. The number of anilines is 3. The first-order valence-corrected chi connectivity index (χ1v) is 9.31. The second kappa shape index (κ2) is 9.41. The summed E-state index contributed by atoms with van der Waals surface area (Å²) < 4.78 is 26.0. The first-order chi connectivity index (χ1) is 13.5. The molecular weight excluding hydrogens is 366 g/mol. The zero-order valence-corrected chi connectivity index (χ0v) is 15.8. The van der Waals surface area contributed by atoms with Crippen molar-refractivity contribution < 1.29 is 8.78 Å². The van der Waals surface area contributed by atoms with Gasteiger partial charge in [0.1, 0.15) is 12.4 Å². The average molecular weight is 390 g/mol. The minimum Gasteiger partial charge on any atom is -0.368 e. The standard InChI is InChI=1S/C18H24F2N8/c1-13-8-23-18(25-14-9-24-28(11-14)12-16(19)20)26-17(13)22-10-15-4-2-6-27(15)7-3-5-21/h8-9,11,15-16H,2-4,6-7,10,12H2,1H3,(H2,22,23,25,26). The van der Waals surface area contributed by atoms with E-state index < -0.39 is 13.0 Å². The summed E-state index contributed by atoms with van der Waals surface area (Å²) in [4.78, 5) is 11.1. The van der Waals surface area contributed by atoms with Crippen molar-refractivity contribution in [2.24, 2.45) is 0 Å². The highest BCUT2D eigenvalue weighted by atomic mass is 19.3. The van der Waals surface area contributed by atoms with Crippen LogP contribution in [0.1, 0.15) is 24.8 Å². The lowest BCUT2D eigenvalue weighted by Gasteiger charge is -2.24. The summed E-state index contributed by atoms with van der Waals surface area (Å²) in [6, 6.07) is 2.58. The maximum atomic E-state index is 12.4. The Morgan fingerprint density at radius 3 is 3.04 bits per heavy atom. The molecule has 3 rings (SSSR count). The summed E-state index contributed by atoms with van der Waals surface area (Å²) in [6.07, 6.45) is 4.98. The fourth-order valence-corrected chi connectivity index (χ4v) is 3.31. The molecule has 2 N–H and O–H groups in total. The largest absolute Gasteiger partial charge is 0.368 e. The fraction of sp³-hybridized carbons (Fsp3) is 0.556. The second-order valence-electron chi connectivity index (χ2n) is 6.81. The van der Waals surface area contributed by atoms with E-state index in [-0.39, 0.29) is 0 Å². The molecule has 0 bridgehead atoms. The predicted octanol–water partition coefficient (Wildman–Crippen LogP) is 2.78. The maximum Gasteiger partial charge on any atom is 0.257 e. The molecule has 28 heavy (non-hydrogen) atoms. The van der Waals surface area contributed by atoms with E-state index in [1.807, 2.05) is 6.92 Å². The van der Waals surface area contributed by atoms with Gasteiger partial charge in [-0.05, 0) is 26.3 Å². The summed E-state index contributed by atoms with van der Waals surface area (Å²) in [5, 5.41) is 19.1. The van der Waals surface area contributed by atoms with E-state index in [9.17, 15) is 8.78 Å². The molecule has 1 saturated heterocycles. The van der Waals surface area contributed by atoms with Gasteiger partial charge in [0.25, 0.3) is 6.43 Å². The first kappa shape index (κ1) is 19.9. The number of halogens is 2. The van der Waals surface area contributed by atoms with Gasteiger partial charge in [-0.1, -0.05) is 0 Å². The molecule has 0 amide bonds. The number of aryl methyl sites for hydroxylation is 1. The van der Waals surface area contributed by atoms with Crippen molar-refractivity contribution in [2.45, 2.75) is 45.2 Å². The van der Waals surface area contributed by atoms with Crippen LogP contribution in [0.25, 0.3) is 0 Å². The molecule has 0 radical (unpaired) electrons. The van der Waals surface area contributed by atoms with Gasteiger partial charge in [-0.2, -0.15) is 15.3 Å². The Labute approximate surface area is 162 Å². The van der Waals surface area contributed by atoms with Gasteiger partial charge in [0.2, 0.25) is 5.95 Å². The van der Waals surface area contributed by atoms with Crippen molar-refractivity contribution >= 4 is 17.5 Å². The number of nitrogens with zero attached hydrogens (tertiary/aromatic N) is 6. The molecule has 1 aliphatic rings. The van der Waals surface area contributed by atoms with Crippen LogP contribution in [0.4, 0.5) is 26.2 Å². The van der Waals surface area contributed by atoms with Crippen LogP contribution in [0.2, 0.25) is 0 Å². The van der Waals surface area contributed by atoms with E-state index in [2.05, 4.69) is 36.7 Å². The van der Waals surface area contributed by atoms with Crippen molar-refractivity contribution in [1.29, 1.82) is 5.26 Å². The Balaban J connectivity index is 1.60. The summed E-state index contributed by atoms with van der Waals surface area (Å²) >= 11 is 0. The van der Waals surface area contributed by atoms with Crippen LogP contribution in [0, 0.1) is 18.3 Å². The van der Waals surface area contributed by atoms with Gasteiger partial charge in [0, 0.05) is 43.5 Å². The summed E-state index contributed by atoms with van der Waals surface area (Å²) in [5.41, 5.74) is 1.47. The van der Waals surface area contributed by atoms with Crippen LogP contribution in [0.5, 0.6) is 0 Å². The molecule has 3 heterocycles. The van der Waals surface area contributed by atoms with E-state index in [1.165, 1.54) is 17.1 Å². The predicted molar refractivity (Wildman–Crippen MR) is 102 cm³/mol. The quantitative estimate of drug-likeness (QED) is 0.680. The highest BCUT2D eigenvalue weighted by Gasteiger charge is 2.24. The van der Waals surface area contributed by atoms with Crippen LogP contribution >= 0.6 is 0 Å². The molecule has 0 aromatic carbocycles. The Hall–Kier alpha value is -2.80. The average Bonchev–Trinajstić information content (AvgIpc) is 3.29. The molecule has 1 unspecified atom stereocenters. The van der Waals surface area contributed by atoms with Crippen LogP contribution in [-0.2, 0) is 6.54 Å². The van der Waals surface area contributed by atoms with Crippen molar-refractivity contribution in [3.05, 3.63) is 24.2 Å². The summed E-state index contributed by atoms with van der Waals surface area (Å²) in [6.45, 7) is 4.03. The summed E-state index contributed by atoms with van der Waals surface area (Å²) in [7, 11) is 0. The third-order valence-corrected chi connectivity index (χ3v) is 4.70. The number of nitriles is 1. The van der Waals surface area contributed by atoms with Gasteiger partial charge >= 0.3 is 0 Å². The van der Waals surface area contributed by atoms with E-state index >= 15 is 0 Å². The molecule has 2 aromatic heterocycles. The molecule has 2 aromatic rings. The molecular formula is C18H24F2N8. The van der Waals surface area contributed by atoms with Crippen molar-refractivity contribution in [3.63, 3.8) is 0 Å². The highest BCUT2D eigenvalue weighted by molar-refractivity contribution is 5.54. The number of rotatable bonds is 9. The monoisotopic (exact) mass is 390 g/mol. The highest BCUT2D eigenvalue weighted by Crippen LogP contribution is 2.20. The van der Waals surface area contributed by atoms with E-state index in [0.717, 1.165) is 43.9 Å². The number of hydrogen-bond acceptors (Lipinski definition) is 7. The summed E-state index contributed by atoms with van der Waals surface area (Å²) in [5.74, 6) is 1.10. The third kappa shape index (κ3) is 5.36. The normalized spacial score (nSPS) is 17.0. The zero-order chi connectivity index (χ0) is 19.9. The second-order valence-corrected chi connectivity index (χ2v) is 6.81. The minimum absolute atomic E-state index is 0.373. The smallest absolute Gasteiger partial charge is 0.257 e. The van der Waals surface area contributed by atoms with Crippen LogP contribution in [0.3, 0.4) is 0 Å². The van der Waals surface area contributed by atoms with Crippen molar-refractivity contribution in [3.8, 4) is 6.07 Å². The molecule has 150 valence electrons. The van der Waals surface area contributed by atoms with Gasteiger partial charge < -0.3 is 10.6 Å². The molecule has 8 nitrogen and oxygen atoms in total. The van der Waals surface area contributed by atoms with Gasteiger partial charge in [0.05, 0.1) is 18.0 Å². The van der Waals surface area contributed by atoms with E-state index in [0.29, 0.717) is 24.1 Å². The fourth-order valence-electron chi connectivity index (χ4n) is 3.31. The number of alkyl halides is 2. The molecule has 1 fully saturated rings. The lowest BCUT2D eigenvalue weighted by Crippen LogP contribution is -2.35. The van der Waals surface area contributed by atoms with Crippen LogP contribution < -0.4 is 10.6 Å². The van der Waals surface area contributed by atoms with Gasteiger partial charge in [-0.3, -0.25) is 9.58 Å². The van der Waals surface area contributed by atoms with Gasteiger partial charge in [0.15, 0.2) is 0 Å². The van der Waals surface area contributed by atoms with Gasteiger partial charge in [-0.15, -0.1) is 0 Å². The molecule has 0 aliphatic carbocycles. The number of nitrogens with one attached hydrogen (secondary N) is 2. The van der Waals surface area contributed by atoms with Crippen molar-refractivity contribution in [2.75, 3.05) is 30.3 Å². The molecule has 0 saturated carbocycles. The zero-order valence-electron chi connectivity index (χ0n) is 15.8. The Bertz CT molecular complexity index is 816. The number of likely N-dealkylation sites (tertiary alicyclic amines) is 1. The lowest BCUT2D eigenvalue weighted by molar-refractivity contribution is 0.122. The number of hydrogen-bond donors (Lipinski definition) is 2. The topological polar surface area (TPSA) is 94.7 Å². The Morgan fingerprint density at radius 1 is 1.39 bits per heavy atom. The SMILES string of the molecule is Cc1cnc(Nc2cnn(CC(F)F)c2)nc1NCC1CCCN1CCC#N. The Morgan fingerprint density at radius 2 is 2.25 bits per heavy atom. The lowest BCUT2D eigenvalue weighted by atomic mass is 10.2. The number of aromatic nitrogens is 4. The molecule has 1 aliphatic heterocycles. The molecule has 1 atom stereocenters. The van der Waals surface area contributed by atoms with Crippen molar-refractivity contribution in [1.82, 2.24) is 24.6 Å². The maximum absolute atomic E-state index is 12.4. The molecule has 10 heteroatoms. The minimum atomic E-state index is -2.46. The Kier molecular flexibility index (Phi) is 6.71. The van der Waals surface area contributed by atoms with Crippen LogP contribution in [-0.4, -0.2) is 56.7 Å². The van der Waals surface area contributed by atoms with Crippen LogP contribution in [0.15, 0.2) is 18.6 Å².